The van der Waals surface area contributed by atoms with Crippen molar-refractivity contribution in [2.45, 2.75) is 25.9 Å². The van der Waals surface area contributed by atoms with Gasteiger partial charge in [0, 0.05) is 5.69 Å². The van der Waals surface area contributed by atoms with Crippen LogP contribution < -0.4 is 9.75 Å². The van der Waals surface area contributed by atoms with Gasteiger partial charge in [-0.2, -0.15) is 0 Å². The van der Waals surface area contributed by atoms with E-state index in [0.717, 1.165) is 0 Å². The van der Waals surface area contributed by atoms with Crippen molar-refractivity contribution in [2.75, 3.05) is 4.57 Å². The Hall–Kier alpha value is -2.06. The van der Waals surface area contributed by atoms with E-state index in [-0.39, 0.29) is 5.54 Å². The predicted octanol–water partition coefficient (Wildman–Crippen LogP) is 4.03. The molecule has 1 nitrogen and oxygen atoms in total. The zero-order valence-electron chi connectivity index (χ0n) is 13.5. The number of hydrogen-bond acceptors (Lipinski definition) is 1. The summed E-state index contributed by atoms with van der Waals surface area (Å²) in [6.07, 6.45) is 6.95. The van der Waals surface area contributed by atoms with Gasteiger partial charge in [-0.1, -0.05) is 78.9 Å². The fraction of sp³-hybridized carbons (Fsp3) is 0.200. The minimum Gasteiger partial charge on any atom is -0.385 e. The third-order valence-electron chi connectivity index (χ3n) is 4.43. The molecule has 22 heavy (non-hydrogen) atoms. The molecule has 0 aromatic heterocycles. The van der Waals surface area contributed by atoms with E-state index in [9.17, 15) is 0 Å². The van der Waals surface area contributed by atoms with E-state index in [0.29, 0.717) is 0 Å². The van der Waals surface area contributed by atoms with Gasteiger partial charge in [0.05, 0.1) is 5.54 Å². The molecule has 2 heteroatoms. The molecule has 1 aliphatic carbocycles. The number of nitrogens with zero attached hydrogens (tertiary/aromatic N) is 1. The molecule has 2 aromatic rings. The molecule has 0 saturated heterocycles. The lowest BCUT2D eigenvalue weighted by atomic mass is 10.0. The Morgan fingerprint density at radius 1 is 0.909 bits per heavy atom. The first-order valence-corrected chi connectivity index (χ1v) is 10.1. The molecule has 0 heterocycles. The maximum absolute atomic E-state index is 2.63. The van der Waals surface area contributed by atoms with Gasteiger partial charge in [0.2, 0.25) is 0 Å². The number of hydrogen-bond donors (Lipinski definition) is 0. The third kappa shape index (κ3) is 2.79. The summed E-state index contributed by atoms with van der Waals surface area (Å²) >= 11 is 0. The van der Waals surface area contributed by atoms with Crippen molar-refractivity contribution in [2.24, 2.45) is 0 Å². The smallest absolute Gasteiger partial charge is 0.170 e. The number of allylic oxidation sites excluding steroid dienone is 2. The highest BCUT2D eigenvalue weighted by atomic mass is 28.3. The Morgan fingerprint density at radius 2 is 1.50 bits per heavy atom. The Bertz CT molecular complexity index is 690. The fourth-order valence-electron chi connectivity index (χ4n) is 3.40. The van der Waals surface area contributed by atoms with Crippen LogP contribution in [0.15, 0.2) is 84.5 Å². The molecule has 1 aliphatic rings. The number of para-hydroxylation sites is 1. The van der Waals surface area contributed by atoms with Gasteiger partial charge in [0.15, 0.2) is 8.96 Å². The largest absolute Gasteiger partial charge is 0.385 e. The van der Waals surface area contributed by atoms with Crippen LogP contribution in [-0.4, -0.2) is 14.5 Å². The van der Waals surface area contributed by atoms with Gasteiger partial charge in [-0.25, -0.2) is 0 Å². The maximum atomic E-state index is 2.63. The minimum atomic E-state index is -1.31. The van der Waals surface area contributed by atoms with E-state index in [4.69, 9.17) is 0 Å². The first kappa shape index (κ1) is 14.9. The summed E-state index contributed by atoms with van der Waals surface area (Å²) in [5, 5.41) is 1.47. The molecule has 0 bridgehead atoms. The molecule has 0 aliphatic heterocycles. The maximum Gasteiger partial charge on any atom is 0.170 e. The van der Waals surface area contributed by atoms with Gasteiger partial charge in [-0.15, -0.1) is 0 Å². The van der Waals surface area contributed by atoms with E-state index < -0.39 is 8.96 Å². The monoisotopic (exact) mass is 305 g/mol. The molecular formula is C20H23NSi. The molecule has 2 unspecified atom stereocenters. The molecule has 112 valence electrons. The van der Waals surface area contributed by atoms with Gasteiger partial charge in [-0.3, -0.25) is 0 Å². The van der Waals surface area contributed by atoms with Crippen molar-refractivity contribution >= 4 is 19.8 Å². The Morgan fingerprint density at radius 3 is 2.05 bits per heavy atom. The van der Waals surface area contributed by atoms with Crippen LogP contribution in [-0.2, 0) is 0 Å². The number of benzene rings is 2. The van der Waals surface area contributed by atoms with Crippen LogP contribution in [0.5, 0.6) is 0 Å². The predicted molar refractivity (Wildman–Crippen MR) is 99.3 cm³/mol. The Labute approximate surface area is 135 Å². The Kier molecular flexibility index (Phi) is 4.03. The lowest BCUT2D eigenvalue weighted by Crippen LogP contribution is -2.56. The van der Waals surface area contributed by atoms with E-state index in [2.05, 4.69) is 104 Å². The highest BCUT2D eigenvalue weighted by Gasteiger charge is 2.34. The van der Waals surface area contributed by atoms with Crippen molar-refractivity contribution in [1.29, 1.82) is 0 Å². The topological polar surface area (TPSA) is 3.24 Å². The highest BCUT2D eigenvalue weighted by Crippen LogP contribution is 2.32. The summed E-state index contributed by atoms with van der Waals surface area (Å²) in [4.78, 5) is 0. The molecule has 3 rings (SSSR count). The zero-order valence-corrected chi connectivity index (χ0v) is 14.7. The molecule has 2 aromatic carbocycles. The summed E-state index contributed by atoms with van der Waals surface area (Å²) in [5.41, 5.74) is 2.62. The first-order chi connectivity index (χ1) is 10.6. The zero-order chi connectivity index (χ0) is 15.6. The molecule has 0 fully saturated rings. The third-order valence-corrected chi connectivity index (χ3v) is 7.41. The Balaban J connectivity index is 2.07. The number of anilines is 1. The van der Waals surface area contributed by atoms with Crippen LogP contribution in [0.1, 0.15) is 13.8 Å². The van der Waals surface area contributed by atoms with Crippen molar-refractivity contribution in [1.82, 2.24) is 0 Å². The average Bonchev–Trinajstić information content (AvgIpc) is 2.89. The van der Waals surface area contributed by atoms with Crippen LogP contribution in [0, 0.1) is 0 Å². The molecule has 0 N–H and O–H groups in total. The lowest BCUT2D eigenvalue weighted by Gasteiger charge is -2.42. The van der Waals surface area contributed by atoms with Gasteiger partial charge in [0.25, 0.3) is 0 Å². The van der Waals surface area contributed by atoms with Crippen molar-refractivity contribution in [3.05, 3.63) is 84.5 Å². The van der Waals surface area contributed by atoms with Gasteiger partial charge < -0.3 is 4.57 Å². The van der Waals surface area contributed by atoms with Crippen LogP contribution in [0.25, 0.3) is 0 Å². The van der Waals surface area contributed by atoms with Crippen LogP contribution >= 0.6 is 0 Å². The molecule has 0 amide bonds. The molecular weight excluding hydrogens is 282 g/mol. The standard InChI is InChI=1S/C20H23NSi/c1-17-14-15-20(2,16-17)21(18-10-6-4-7-11-18)22(3)19-12-8-5-9-13-19/h4-16,22H,1-3H3. The molecule has 2 atom stereocenters. The van der Waals surface area contributed by atoms with E-state index in [1.54, 1.807) is 0 Å². The van der Waals surface area contributed by atoms with Crippen molar-refractivity contribution < 1.29 is 0 Å². The summed E-state index contributed by atoms with van der Waals surface area (Å²) < 4.78 is 2.63. The first-order valence-electron chi connectivity index (χ1n) is 7.88. The summed E-state index contributed by atoms with van der Waals surface area (Å²) in [6.45, 7) is 6.92. The quantitative estimate of drug-likeness (QED) is 0.771. The van der Waals surface area contributed by atoms with E-state index in [1.807, 2.05) is 0 Å². The lowest BCUT2D eigenvalue weighted by molar-refractivity contribution is 0.734. The van der Waals surface area contributed by atoms with Gasteiger partial charge >= 0.3 is 0 Å². The van der Waals surface area contributed by atoms with Gasteiger partial charge in [0.1, 0.15) is 0 Å². The summed E-state index contributed by atoms with van der Waals surface area (Å²) in [5.74, 6) is 0. The molecule has 0 radical (unpaired) electrons. The number of rotatable bonds is 4. The molecule has 0 saturated carbocycles. The SMILES string of the molecule is CC1=CC(C)(N(c2ccccc2)[SiH](C)c2ccccc2)C=C1. The van der Waals surface area contributed by atoms with Crippen molar-refractivity contribution in [3.8, 4) is 0 Å². The van der Waals surface area contributed by atoms with Gasteiger partial charge in [-0.05, 0) is 31.2 Å². The van der Waals surface area contributed by atoms with E-state index >= 15 is 0 Å². The van der Waals surface area contributed by atoms with E-state index in [1.165, 1.54) is 16.4 Å². The van der Waals surface area contributed by atoms with Crippen molar-refractivity contribution in [3.63, 3.8) is 0 Å². The fourth-order valence-corrected chi connectivity index (χ4v) is 6.09. The highest BCUT2D eigenvalue weighted by molar-refractivity contribution is 6.75. The van der Waals surface area contributed by atoms with Crippen LogP contribution in [0.3, 0.4) is 0 Å². The summed E-state index contributed by atoms with van der Waals surface area (Å²) in [7, 11) is -1.31. The normalized spacial score (nSPS) is 21.5. The second-order valence-electron chi connectivity index (χ2n) is 6.24. The molecule has 0 spiro atoms. The van der Waals surface area contributed by atoms with Crippen LogP contribution in [0.2, 0.25) is 6.55 Å². The average molecular weight is 305 g/mol. The second kappa shape index (κ2) is 5.97. The minimum absolute atomic E-state index is 0.0348. The summed E-state index contributed by atoms with van der Waals surface area (Å²) in [6, 6.07) is 21.7. The van der Waals surface area contributed by atoms with Crippen LogP contribution in [0.4, 0.5) is 5.69 Å². The second-order valence-corrected chi connectivity index (χ2v) is 8.77.